The van der Waals surface area contributed by atoms with Crippen LogP contribution in [0, 0.1) is 0 Å². The van der Waals surface area contributed by atoms with Gasteiger partial charge in [-0.05, 0) is 18.2 Å². The van der Waals surface area contributed by atoms with E-state index in [1.165, 1.54) is 7.05 Å². The SMILES string of the molecule is CN(CCC(F)(F)F)c1ccc(S(N)(=O)=O)cc1C(=O)O. The fraction of sp³-hybridized carbons (Fsp3) is 0.364. The van der Waals surface area contributed by atoms with Gasteiger partial charge in [-0.15, -0.1) is 0 Å². The molecule has 0 saturated heterocycles. The molecule has 0 fully saturated rings. The summed E-state index contributed by atoms with van der Waals surface area (Å²) in [6.07, 6.45) is -5.50. The number of aromatic carboxylic acids is 1. The van der Waals surface area contributed by atoms with Gasteiger partial charge in [-0.25, -0.2) is 18.4 Å². The molecule has 0 radical (unpaired) electrons. The van der Waals surface area contributed by atoms with Crippen LogP contribution in [-0.2, 0) is 10.0 Å². The van der Waals surface area contributed by atoms with Crippen LogP contribution in [0.4, 0.5) is 18.9 Å². The minimum atomic E-state index is -4.38. The number of hydrogen-bond donors (Lipinski definition) is 2. The molecule has 0 spiro atoms. The molecule has 21 heavy (non-hydrogen) atoms. The van der Waals surface area contributed by atoms with Crippen molar-refractivity contribution in [3.63, 3.8) is 0 Å². The van der Waals surface area contributed by atoms with E-state index in [0.717, 1.165) is 23.1 Å². The lowest BCUT2D eigenvalue weighted by atomic mass is 10.1. The van der Waals surface area contributed by atoms with Gasteiger partial charge in [0.25, 0.3) is 0 Å². The van der Waals surface area contributed by atoms with E-state index >= 15 is 0 Å². The molecule has 10 heteroatoms. The second-order valence-corrected chi connectivity index (χ2v) is 5.88. The summed E-state index contributed by atoms with van der Waals surface area (Å²) in [6.45, 7) is -0.460. The van der Waals surface area contributed by atoms with Crippen LogP contribution in [0.15, 0.2) is 23.1 Å². The Morgan fingerprint density at radius 2 is 1.95 bits per heavy atom. The molecule has 0 aliphatic rings. The maximum atomic E-state index is 12.2. The van der Waals surface area contributed by atoms with Crippen LogP contribution in [0.2, 0.25) is 0 Å². The molecule has 1 aromatic rings. The van der Waals surface area contributed by atoms with E-state index in [4.69, 9.17) is 10.2 Å². The number of nitrogens with zero attached hydrogens (tertiary/aromatic N) is 1. The van der Waals surface area contributed by atoms with Crippen molar-refractivity contribution in [3.05, 3.63) is 23.8 Å². The summed E-state index contributed by atoms with van der Waals surface area (Å²) in [5.74, 6) is -1.46. The molecule has 0 unspecified atom stereocenters. The van der Waals surface area contributed by atoms with E-state index in [1.807, 2.05) is 0 Å². The summed E-state index contributed by atoms with van der Waals surface area (Å²) in [4.78, 5) is 11.8. The van der Waals surface area contributed by atoms with E-state index < -0.39 is 45.6 Å². The average molecular weight is 326 g/mol. The fourth-order valence-corrected chi connectivity index (χ4v) is 2.15. The zero-order chi connectivity index (χ0) is 16.4. The zero-order valence-electron chi connectivity index (χ0n) is 10.9. The molecule has 1 rings (SSSR count). The molecule has 0 heterocycles. The molecule has 0 aromatic heterocycles. The predicted octanol–water partition coefficient (Wildman–Crippen LogP) is 1.42. The van der Waals surface area contributed by atoms with Gasteiger partial charge in [-0.1, -0.05) is 0 Å². The first kappa shape index (κ1) is 17.2. The van der Waals surface area contributed by atoms with Crippen LogP contribution < -0.4 is 10.0 Å². The topological polar surface area (TPSA) is 101 Å². The minimum absolute atomic E-state index is 0.0286. The summed E-state index contributed by atoms with van der Waals surface area (Å²) in [5.41, 5.74) is -0.467. The van der Waals surface area contributed by atoms with Crippen LogP contribution in [0.1, 0.15) is 16.8 Å². The van der Waals surface area contributed by atoms with Crippen molar-refractivity contribution >= 4 is 21.7 Å². The van der Waals surface area contributed by atoms with Gasteiger partial charge >= 0.3 is 12.1 Å². The summed E-state index contributed by atoms with van der Waals surface area (Å²) >= 11 is 0. The van der Waals surface area contributed by atoms with Gasteiger partial charge in [0, 0.05) is 13.6 Å². The third-order valence-corrected chi connectivity index (χ3v) is 3.58. The van der Waals surface area contributed by atoms with E-state index in [2.05, 4.69) is 0 Å². The highest BCUT2D eigenvalue weighted by Crippen LogP contribution is 2.26. The molecular formula is C11H13F3N2O4S. The highest BCUT2D eigenvalue weighted by Gasteiger charge is 2.28. The van der Waals surface area contributed by atoms with Crippen LogP contribution in [-0.4, -0.2) is 39.3 Å². The smallest absolute Gasteiger partial charge is 0.390 e. The molecule has 0 saturated carbocycles. The van der Waals surface area contributed by atoms with Gasteiger partial charge < -0.3 is 10.0 Å². The number of hydrogen-bond acceptors (Lipinski definition) is 4. The number of carbonyl (C=O) groups is 1. The number of primary sulfonamides is 1. The maximum absolute atomic E-state index is 12.2. The normalized spacial score (nSPS) is 12.2. The molecule has 3 N–H and O–H groups in total. The Morgan fingerprint density at radius 3 is 2.38 bits per heavy atom. The molecule has 0 atom stereocenters. The standard InChI is InChI=1S/C11H13F3N2O4S/c1-16(5-4-11(12,13)14)9-3-2-7(21(15,19)20)6-8(9)10(17)18/h2-3,6H,4-5H2,1H3,(H,17,18)(H2,15,19,20). The fourth-order valence-electron chi connectivity index (χ4n) is 1.61. The van der Waals surface area contributed by atoms with Gasteiger partial charge in [-0.2, -0.15) is 13.2 Å². The van der Waals surface area contributed by atoms with E-state index in [0.29, 0.717) is 0 Å². The number of benzene rings is 1. The quantitative estimate of drug-likeness (QED) is 0.852. The van der Waals surface area contributed by atoms with Gasteiger partial charge in [0.05, 0.1) is 22.6 Å². The monoisotopic (exact) mass is 326 g/mol. The second-order valence-electron chi connectivity index (χ2n) is 4.32. The predicted molar refractivity (Wildman–Crippen MR) is 68.7 cm³/mol. The number of sulfonamides is 1. The van der Waals surface area contributed by atoms with Crippen LogP contribution >= 0.6 is 0 Å². The largest absolute Gasteiger partial charge is 0.478 e. The Labute approximate surface area is 119 Å². The van der Waals surface area contributed by atoms with Crippen molar-refractivity contribution in [1.82, 2.24) is 0 Å². The van der Waals surface area contributed by atoms with Crippen molar-refractivity contribution in [2.75, 3.05) is 18.5 Å². The molecule has 0 aliphatic heterocycles. The molecule has 0 amide bonds. The molecule has 0 bridgehead atoms. The number of alkyl halides is 3. The van der Waals surface area contributed by atoms with Crippen LogP contribution in [0.3, 0.4) is 0 Å². The Hall–Kier alpha value is -1.81. The molecule has 0 aliphatic carbocycles. The van der Waals surface area contributed by atoms with Crippen molar-refractivity contribution in [3.8, 4) is 0 Å². The number of carboxylic acid groups (broad SMARTS) is 1. The summed E-state index contributed by atoms with van der Waals surface area (Å²) in [5, 5.41) is 13.9. The number of nitrogens with two attached hydrogens (primary N) is 1. The summed E-state index contributed by atoms with van der Waals surface area (Å²) in [7, 11) is -2.82. The number of halogens is 3. The number of anilines is 1. The van der Waals surface area contributed by atoms with Crippen molar-refractivity contribution in [2.24, 2.45) is 5.14 Å². The number of rotatable bonds is 5. The van der Waals surface area contributed by atoms with Gasteiger partial charge in [-0.3, -0.25) is 0 Å². The zero-order valence-corrected chi connectivity index (χ0v) is 11.7. The third kappa shape index (κ3) is 4.90. The second kappa shape index (κ2) is 5.90. The maximum Gasteiger partial charge on any atom is 0.390 e. The van der Waals surface area contributed by atoms with Crippen molar-refractivity contribution in [1.29, 1.82) is 0 Å². The first-order valence-corrected chi connectivity index (χ1v) is 7.14. The minimum Gasteiger partial charge on any atom is -0.478 e. The lowest BCUT2D eigenvalue weighted by Crippen LogP contribution is -2.26. The van der Waals surface area contributed by atoms with Crippen molar-refractivity contribution < 1.29 is 31.5 Å². The lowest BCUT2D eigenvalue weighted by molar-refractivity contribution is -0.132. The first-order valence-electron chi connectivity index (χ1n) is 5.60. The molecule has 1 aromatic carbocycles. The van der Waals surface area contributed by atoms with Crippen LogP contribution in [0.25, 0.3) is 0 Å². The number of carboxylic acids is 1. The highest BCUT2D eigenvalue weighted by molar-refractivity contribution is 7.89. The third-order valence-electron chi connectivity index (χ3n) is 2.67. The average Bonchev–Trinajstić information content (AvgIpc) is 2.33. The molecule has 6 nitrogen and oxygen atoms in total. The lowest BCUT2D eigenvalue weighted by Gasteiger charge is -2.22. The Balaban J connectivity index is 3.15. The van der Waals surface area contributed by atoms with E-state index in [-0.39, 0.29) is 5.69 Å². The van der Waals surface area contributed by atoms with E-state index in [1.54, 1.807) is 0 Å². The van der Waals surface area contributed by atoms with Gasteiger partial charge in [0.2, 0.25) is 10.0 Å². The van der Waals surface area contributed by atoms with Gasteiger partial charge in [0.1, 0.15) is 0 Å². The molecule has 118 valence electrons. The van der Waals surface area contributed by atoms with Crippen LogP contribution in [0.5, 0.6) is 0 Å². The van der Waals surface area contributed by atoms with Crippen molar-refractivity contribution in [2.45, 2.75) is 17.5 Å². The van der Waals surface area contributed by atoms with Gasteiger partial charge in [0.15, 0.2) is 0 Å². The Bertz CT molecular complexity index is 643. The molecular weight excluding hydrogens is 313 g/mol. The van der Waals surface area contributed by atoms with E-state index in [9.17, 15) is 26.4 Å². The highest BCUT2D eigenvalue weighted by atomic mass is 32.2. The Kier molecular flexibility index (Phi) is 4.84. The first-order chi connectivity index (χ1) is 9.42. The summed E-state index contributed by atoms with van der Waals surface area (Å²) < 4.78 is 58.9. The Morgan fingerprint density at radius 1 is 1.38 bits per heavy atom. The summed E-state index contributed by atoms with van der Waals surface area (Å²) in [6, 6.07) is 2.97.